The molecule has 0 radical (unpaired) electrons. The van der Waals surface area contributed by atoms with Crippen LogP contribution >= 0.6 is 0 Å². The van der Waals surface area contributed by atoms with Crippen molar-refractivity contribution in [3.63, 3.8) is 0 Å². The summed E-state index contributed by atoms with van der Waals surface area (Å²) in [6, 6.07) is 11.2. The summed E-state index contributed by atoms with van der Waals surface area (Å²) < 4.78 is 15.6. The smallest absolute Gasteiger partial charge is 0.149 e. The number of benzene rings is 2. The summed E-state index contributed by atoms with van der Waals surface area (Å²) in [6.07, 6.45) is 2.86. The molecule has 0 spiro atoms. The summed E-state index contributed by atoms with van der Waals surface area (Å²) in [7, 11) is 0. The molecule has 7 heteroatoms. The first-order valence-electron chi connectivity index (χ1n) is 7.98. The van der Waals surface area contributed by atoms with Crippen molar-refractivity contribution in [2.45, 2.75) is 20.0 Å². The first-order valence-corrected chi connectivity index (χ1v) is 7.98. The van der Waals surface area contributed by atoms with E-state index in [1.807, 2.05) is 25.1 Å². The first kappa shape index (κ1) is 15.5. The lowest BCUT2D eigenvalue weighted by Gasteiger charge is -2.08. The van der Waals surface area contributed by atoms with Gasteiger partial charge in [0, 0.05) is 13.1 Å². The average Bonchev–Trinajstić information content (AvgIpc) is 3.23. The number of halogens is 1. The van der Waals surface area contributed by atoms with Crippen molar-refractivity contribution in [2.24, 2.45) is 0 Å². The van der Waals surface area contributed by atoms with E-state index in [-0.39, 0.29) is 5.82 Å². The zero-order valence-corrected chi connectivity index (χ0v) is 13.7. The first-order chi connectivity index (χ1) is 12.2. The Morgan fingerprint density at radius 3 is 2.68 bits per heavy atom. The van der Waals surface area contributed by atoms with Gasteiger partial charge in [0.1, 0.15) is 30.0 Å². The molecular formula is C18H17FN6. The van der Waals surface area contributed by atoms with Crippen LogP contribution in [0, 0.1) is 12.7 Å². The summed E-state index contributed by atoms with van der Waals surface area (Å²) in [5.74, 6) is 0.585. The van der Waals surface area contributed by atoms with E-state index >= 15 is 0 Å². The van der Waals surface area contributed by atoms with Crippen LogP contribution in [0.5, 0.6) is 0 Å². The fraction of sp³-hybridized carbons (Fsp3) is 0.167. The molecular weight excluding hydrogens is 319 g/mol. The standard InChI is InChI=1S/C18H17FN6/c1-12-23-16-4-2-14(7-17(16)24-12)9-20-8-13-3-5-18(15(19)6-13)25-11-21-10-22-25/h2-7,10-11,20H,8-9H2,1H3,(H,23,24). The molecule has 4 rings (SSSR count). The van der Waals surface area contributed by atoms with Gasteiger partial charge in [-0.05, 0) is 42.3 Å². The molecule has 0 aliphatic carbocycles. The highest BCUT2D eigenvalue weighted by molar-refractivity contribution is 5.75. The number of H-pyrrole nitrogens is 1. The SMILES string of the molecule is Cc1nc2ccc(CNCc3ccc(-n4cncn4)c(F)c3)cc2[nH]1. The van der Waals surface area contributed by atoms with Crippen LogP contribution in [0.4, 0.5) is 4.39 Å². The van der Waals surface area contributed by atoms with Crippen LogP contribution in [0.2, 0.25) is 0 Å². The van der Waals surface area contributed by atoms with Crippen molar-refractivity contribution in [2.75, 3.05) is 0 Å². The summed E-state index contributed by atoms with van der Waals surface area (Å²) in [5, 5.41) is 7.28. The normalized spacial score (nSPS) is 11.3. The molecule has 6 nitrogen and oxygen atoms in total. The molecule has 2 N–H and O–H groups in total. The minimum atomic E-state index is -0.320. The molecule has 0 unspecified atom stereocenters. The van der Waals surface area contributed by atoms with Gasteiger partial charge in [-0.25, -0.2) is 19.0 Å². The molecule has 0 atom stereocenters. The quantitative estimate of drug-likeness (QED) is 0.588. The Bertz CT molecular complexity index is 1010. The predicted octanol–water partition coefficient (Wildman–Crippen LogP) is 2.88. The van der Waals surface area contributed by atoms with E-state index in [1.165, 1.54) is 23.4 Å². The van der Waals surface area contributed by atoms with Gasteiger partial charge in [0.2, 0.25) is 0 Å². The number of nitrogens with zero attached hydrogens (tertiary/aromatic N) is 4. The largest absolute Gasteiger partial charge is 0.342 e. The van der Waals surface area contributed by atoms with Crippen LogP contribution in [0.3, 0.4) is 0 Å². The Hall–Kier alpha value is -3.06. The minimum absolute atomic E-state index is 0.320. The molecule has 25 heavy (non-hydrogen) atoms. The van der Waals surface area contributed by atoms with E-state index in [2.05, 4.69) is 31.4 Å². The van der Waals surface area contributed by atoms with E-state index in [1.54, 1.807) is 6.07 Å². The van der Waals surface area contributed by atoms with Gasteiger partial charge in [0.25, 0.3) is 0 Å². The highest BCUT2D eigenvalue weighted by Gasteiger charge is 2.06. The van der Waals surface area contributed by atoms with Crippen molar-refractivity contribution in [1.82, 2.24) is 30.0 Å². The van der Waals surface area contributed by atoms with Crippen molar-refractivity contribution in [1.29, 1.82) is 0 Å². The molecule has 0 bridgehead atoms. The number of hydrogen-bond donors (Lipinski definition) is 2. The van der Waals surface area contributed by atoms with Gasteiger partial charge >= 0.3 is 0 Å². The molecule has 2 aromatic heterocycles. The third kappa shape index (κ3) is 3.27. The second-order valence-corrected chi connectivity index (χ2v) is 5.90. The third-order valence-corrected chi connectivity index (χ3v) is 4.00. The Balaban J connectivity index is 1.41. The van der Waals surface area contributed by atoms with Gasteiger partial charge in [-0.1, -0.05) is 12.1 Å². The Morgan fingerprint density at radius 1 is 1.12 bits per heavy atom. The second kappa shape index (κ2) is 6.45. The van der Waals surface area contributed by atoms with Gasteiger partial charge in [-0.15, -0.1) is 0 Å². The number of hydrogen-bond acceptors (Lipinski definition) is 4. The van der Waals surface area contributed by atoms with E-state index in [9.17, 15) is 4.39 Å². The van der Waals surface area contributed by atoms with E-state index in [4.69, 9.17) is 0 Å². The van der Waals surface area contributed by atoms with E-state index in [0.717, 1.165) is 28.0 Å². The molecule has 4 aromatic rings. The Labute approximate surface area is 143 Å². The van der Waals surface area contributed by atoms with Crippen molar-refractivity contribution < 1.29 is 4.39 Å². The van der Waals surface area contributed by atoms with Crippen LogP contribution < -0.4 is 5.32 Å². The van der Waals surface area contributed by atoms with E-state index < -0.39 is 0 Å². The zero-order valence-electron chi connectivity index (χ0n) is 13.7. The minimum Gasteiger partial charge on any atom is -0.342 e. The van der Waals surface area contributed by atoms with Crippen LogP contribution in [-0.4, -0.2) is 24.7 Å². The lowest BCUT2D eigenvalue weighted by molar-refractivity contribution is 0.604. The van der Waals surface area contributed by atoms with Gasteiger partial charge in [-0.2, -0.15) is 5.10 Å². The number of nitrogens with one attached hydrogen (secondary N) is 2. The maximum atomic E-state index is 14.2. The number of aryl methyl sites for hydroxylation is 1. The molecule has 0 aliphatic heterocycles. The predicted molar refractivity (Wildman–Crippen MR) is 92.7 cm³/mol. The number of rotatable bonds is 5. The maximum Gasteiger partial charge on any atom is 0.149 e. The number of imidazole rings is 1. The van der Waals surface area contributed by atoms with Crippen LogP contribution in [-0.2, 0) is 13.1 Å². The molecule has 0 aliphatic rings. The highest BCUT2D eigenvalue weighted by atomic mass is 19.1. The topological polar surface area (TPSA) is 71.4 Å². The Morgan fingerprint density at radius 2 is 1.92 bits per heavy atom. The molecule has 0 saturated carbocycles. The van der Waals surface area contributed by atoms with Crippen LogP contribution in [0.15, 0.2) is 49.1 Å². The highest BCUT2D eigenvalue weighted by Crippen LogP contribution is 2.15. The Kier molecular flexibility index (Phi) is 3.99. The van der Waals surface area contributed by atoms with Gasteiger partial charge in [-0.3, -0.25) is 0 Å². The molecule has 0 saturated heterocycles. The second-order valence-electron chi connectivity index (χ2n) is 5.90. The molecule has 0 fully saturated rings. The summed E-state index contributed by atoms with van der Waals surface area (Å²) in [4.78, 5) is 11.5. The van der Waals surface area contributed by atoms with Crippen LogP contribution in [0.25, 0.3) is 16.7 Å². The van der Waals surface area contributed by atoms with Crippen LogP contribution in [0.1, 0.15) is 17.0 Å². The lowest BCUT2D eigenvalue weighted by atomic mass is 10.1. The van der Waals surface area contributed by atoms with Crippen molar-refractivity contribution in [3.8, 4) is 5.69 Å². The third-order valence-electron chi connectivity index (χ3n) is 4.00. The van der Waals surface area contributed by atoms with Gasteiger partial charge in [0.15, 0.2) is 0 Å². The van der Waals surface area contributed by atoms with Crippen molar-refractivity contribution in [3.05, 3.63) is 71.8 Å². The average molecular weight is 336 g/mol. The monoisotopic (exact) mass is 336 g/mol. The molecule has 2 heterocycles. The lowest BCUT2D eigenvalue weighted by Crippen LogP contribution is -2.13. The fourth-order valence-corrected chi connectivity index (χ4v) is 2.82. The van der Waals surface area contributed by atoms with Gasteiger partial charge < -0.3 is 10.3 Å². The summed E-state index contributed by atoms with van der Waals surface area (Å²) >= 11 is 0. The molecule has 126 valence electrons. The molecule has 0 amide bonds. The fourth-order valence-electron chi connectivity index (χ4n) is 2.82. The number of aromatic nitrogens is 5. The maximum absolute atomic E-state index is 14.2. The van der Waals surface area contributed by atoms with Gasteiger partial charge in [0.05, 0.1) is 11.0 Å². The summed E-state index contributed by atoms with van der Waals surface area (Å²) in [6.45, 7) is 3.21. The number of fused-ring (bicyclic) bond motifs is 1. The molecule has 2 aromatic carbocycles. The zero-order chi connectivity index (χ0) is 17.2. The van der Waals surface area contributed by atoms with E-state index in [0.29, 0.717) is 18.8 Å². The summed E-state index contributed by atoms with van der Waals surface area (Å²) in [5.41, 5.74) is 4.41. The number of aromatic amines is 1. The van der Waals surface area contributed by atoms with Crippen molar-refractivity contribution >= 4 is 11.0 Å².